The molecule has 0 radical (unpaired) electrons. The zero-order valence-electron chi connectivity index (χ0n) is 11.6. The highest BCUT2D eigenvalue weighted by Crippen LogP contribution is 2.26. The summed E-state index contributed by atoms with van der Waals surface area (Å²) in [5, 5.41) is 0. The predicted octanol–water partition coefficient (Wildman–Crippen LogP) is 3.07. The molecule has 2 aromatic carbocycles. The quantitative estimate of drug-likeness (QED) is 0.814. The van der Waals surface area contributed by atoms with Gasteiger partial charge in [-0.1, -0.05) is 12.1 Å². The van der Waals surface area contributed by atoms with Gasteiger partial charge in [0.2, 0.25) is 0 Å². The highest BCUT2D eigenvalue weighted by atomic mass is 19.1. The van der Waals surface area contributed by atoms with Gasteiger partial charge in [0.05, 0.1) is 25.3 Å². The Labute approximate surface area is 121 Å². The van der Waals surface area contributed by atoms with Crippen molar-refractivity contribution in [3.05, 3.63) is 59.4 Å². The van der Waals surface area contributed by atoms with E-state index in [2.05, 4.69) is 4.74 Å². The summed E-state index contributed by atoms with van der Waals surface area (Å²) < 4.78 is 22.4. The molecule has 2 aromatic rings. The maximum absolute atomic E-state index is 13.0. The van der Waals surface area contributed by atoms with E-state index in [0.29, 0.717) is 16.7 Å². The first-order valence-corrected chi connectivity index (χ1v) is 6.13. The largest absolute Gasteiger partial charge is 0.465 e. The van der Waals surface area contributed by atoms with Crippen molar-refractivity contribution in [2.75, 3.05) is 14.2 Å². The molecular formula is C16H13FO4. The lowest BCUT2D eigenvalue weighted by Crippen LogP contribution is -2.07. The number of hydrogen-bond acceptors (Lipinski definition) is 4. The number of hydrogen-bond donors (Lipinski definition) is 0. The van der Waals surface area contributed by atoms with Gasteiger partial charge in [-0.25, -0.2) is 14.0 Å². The van der Waals surface area contributed by atoms with Crippen LogP contribution in [0.3, 0.4) is 0 Å². The SMILES string of the molecule is COC(=O)c1ccc(C(=O)OC)c(-c2ccc(F)cc2)c1. The van der Waals surface area contributed by atoms with E-state index >= 15 is 0 Å². The summed E-state index contributed by atoms with van der Waals surface area (Å²) in [5.74, 6) is -1.44. The van der Waals surface area contributed by atoms with Crippen LogP contribution in [0.15, 0.2) is 42.5 Å². The standard InChI is InChI=1S/C16H13FO4/c1-20-15(18)11-5-8-13(16(19)21-2)14(9-11)10-3-6-12(17)7-4-10/h3-9H,1-2H3. The summed E-state index contributed by atoms with van der Waals surface area (Å²) in [6, 6.07) is 10.1. The Balaban J connectivity index is 2.60. The number of benzene rings is 2. The minimum absolute atomic E-state index is 0.289. The van der Waals surface area contributed by atoms with Gasteiger partial charge in [-0.2, -0.15) is 0 Å². The molecule has 0 heterocycles. The second kappa shape index (κ2) is 6.17. The van der Waals surface area contributed by atoms with Gasteiger partial charge < -0.3 is 9.47 Å². The lowest BCUT2D eigenvalue weighted by atomic mass is 9.97. The third-order valence-corrected chi connectivity index (χ3v) is 3.00. The van der Waals surface area contributed by atoms with Crippen LogP contribution in [0.25, 0.3) is 11.1 Å². The molecule has 0 aliphatic heterocycles. The van der Waals surface area contributed by atoms with Crippen LogP contribution in [0.1, 0.15) is 20.7 Å². The summed E-state index contributed by atoms with van der Waals surface area (Å²) >= 11 is 0. The van der Waals surface area contributed by atoms with Crippen molar-refractivity contribution in [1.82, 2.24) is 0 Å². The molecule has 0 aliphatic rings. The van der Waals surface area contributed by atoms with Crippen LogP contribution in [-0.2, 0) is 9.47 Å². The highest BCUT2D eigenvalue weighted by molar-refractivity contribution is 6.00. The molecule has 0 aliphatic carbocycles. The average Bonchev–Trinajstić information content (AvgIpc) is 2.53. The molecule has 0 aromatic heterocycles. The first-order valence-electron chi connectivity index (χ1n) is 6.13. The lowest BCUT2D eigenvalue weighted by molar-refractivity contribution is 0.0587. The van der Waals surface area contributed by atoms with Gasteiger partial charge in [0, 0.05) is 0 Å². The molecule has 0 atom stereocenters. The molecule has 0 N–H and O–H groups in total. The Morgan fingerprint density at radius 3 is 2.10 bits per heavy atom. The van der Waals surface area contributed by atoms with Crippen molar-refractivity contribution >= 4 is 11.9 Å². The average molecular weight is 288 g/mol. The molecule has 0 bridgehead atoms. The number of ether oxygens (including phenoxy) is 2. The molecule has 4 nitrogen and oxygen atoms in total. The Hall–Kier alpha value is -2.69. The minimum atomic E-state index is -0.536. The monoisotopic (exact) mass is 288 g/mol. The molecule has 0 amide bonds. The van der Waals surface area contributed by atoms with Crippen molar-refractivity contribution in [3.63, 3.8) is 0 Å². The van der Waals surface area contributed by atoms with E-state index in [1.165, 1.54) is 56.7 Å². The fraction of sp³-hybridized carbons (Fsp3) is 0.125. The van der Waals surface area contributed by atoms with Gasteiger partial charge in [-0.05, 0) is 41.5 Å². The summed E-state index contributed by atoms with van der Waals surface area (Å²) in [7, 11) is 2.54. The van der Waals surface area contributed by atoms with Crippen molar-refractivity contribution in [2.45, 2.75) is 0 Å². The van der Waals surface area contributed by atoms with E-state index in [0.717, 1.165) is 0 Å². The zero-order valence-corrected chi connectivity index (χ0v) is 11.6. The van der Waals surface area contributed by atoms with Gasteiger partial charge in [-0.3, -0.25) is 0 Å². The van der Waals surface area contributed by atoms with E-state index in [1.54, 1.807) is 0 Å². The first kappa shape index (κ1) is 14.7. The van der Waals surface area contributed by atoms with Gasteiger partial charge in [0.15, 0.2) is 0 Å². The second-order valence-electron chi connectivity index (χ2n) is 4.25. The Kier molecular flexibility index (Phi) is 4.33. The second-order valence-corrected chi connectivity index (χ2v) is 4.25. The van der Waals surface area contributed by atoms with Gasteiger partial charge in [0.1, 0.15) is 5.82 Å². The van der Waals surface area contributed by atoms with Crippen LogP contribution >= 0.6 is 0 Å². The number of carbonyl (C=O) groups is 2. The highest BCUT2D eigenvalue weighted by Gasteiger charge is 2.16. The number of halogens is 1. The van der Waals surface area contributed by atoms with Gasteiger partial charge in [-0.15, -0.1) is 0 Å². The van der Waals surface area contributed by atoms with E-state index in [1.807, 2.05) is 0 Å². The van der Waals surface area contributed by atoms with Crippen LogP contribution in [-0.4, -0.2) is 26.2 Å². The molecule has 0 saturated carbocycles. The van der Waals surface area contributed by atoms with E-state index in [9.17, 15) is 14.0 Å². The topological polar surface area (TPSA) is 52.6 Å². The van der Waals surface area contributed by atoms with Gasteiger partial charge in [0.25, 0.3) is 0 Å². The van der Waals surface area contributed by atoms with Crippen molar-refractivity contribution in [3.8, 4) is 11.1 Å². The molecule has 0 unspecified atom stereocenters. The Morgan fingerprint density at radius 1 is 0.905 bits per heavy atom. The molecule has 0 saturated heterocycles. The molecular weight excluding hydrogens is 275 g/mol. The molecule has 5 heteroatoms. The summed E-state index contributed by atoms with van der Waals surface area (Å²) in [5.41, 5.74) is 1.66. The van der Waals surface area contributed by atoms with Crippen LogP contribution in [0, 0.1) is 5.82 Å². The number of rotatable bonds is 3. The minimum Gasteiger partial charge on any atom is -0.465 e. The molecule has 0 fully saturated rings. The van der Waals surface area contributed by atoms with E-state index in [-0.39, 0.29) is 11.4 Å². The van der Waals surface area contributed by atoms with Gasteiger partial charge >= 0.3 is 11.9 Å². The predicted molar refractivity (Wildman–Crippen MR) is 74.5 cm³/mol. The van der Waals surface area contributed by atoms with Crippen molar-refractivity contribution in [1.29, 1.82) is 0 Å². The number of esters is 2. The molecule has 108 valence electrons. The van der Waals surface area contributed by atoms with E-state index < -0.39 is 11.9 Å². The smallest absolute Gasteiger partial charge is 0.338 e. The molecule has 0 spiro atoms. The summed E-state index contributed by atoms with van der Waals surface area (Å²) in [6.07, 6.45) is 0. The van der Waals surface area contributed by atoms with E-state index in [4.69, 9.17) is 4.74 Å². The number of carbonyl (C=O) groups excluding carboxylic acids is 2. The van der Waals surface area contributed by atoms with Crippen LogP contribution in [0.2, 0.25) is 0 Å². The van der Waals surface area contributed by atoms with Crippen molar-refractivity contribution in [2.24, 2.45) is 0 Å². The zero-order chi connectivity index (χ0) is 15.4. The van der Waals surface area contributed by atoms with Crippen LogP contribution in [0.4, 0.5) is 4.39 Å². The third-order valence-electron chi connectivity index (χ3n) is 3.00. The summed E-state index contributed by atoms with van der Waals surface area (Å²) in [6.45, 7) is 0. The van der Waals surface area contributed by atoms with Crippen molar-refractivity contribution < 1.29 is 23.5 Å². The number of methoxy groups -OCH3 is 2. The first-order chi connectivity index (χ1) is 10.1. The summed E-state index contributed by atoms with van der Waals surface area (Å²) in [4.78, 5) is 23.4. The van der Waals surface area contributed by atoms with Crippen LogP contribution < -0.4 is 0 Å². The normalized spacial score (nSPS) is 10.0. The maximum Gasteiger partial charge on any atom is 0.338 e. The Morgan fingerprint density at radius 2 is 1.52 bits per heavy atom. The Bertz CT molecular complexity index is 677. The fourth-order valence-electron chi connectivity index (χ4n) is 1.95. The molecule has 21 heavy (non-hydrogen) atoms. The van der Waals surface area contributed by atoms with Crippen LogP contribution in [0.5, 0.6) is 0 Å². The maximum atomic E-state index is 13.0. The third kappa shape index (κ3) is 3.08. The molecule has 2 rings (SSSR count). The fourth-order valence-corrected chi connectivity index (χ4v) is 1.95. The lowest BCUT2D eigenvalue weighted by Gasteiger charge is -2.10.